The first kappa shape index (κ1) is 16.6. The monoisotopic (exact) mass is 394 g/mol. The molecule has 1 saturated carbocycles. The van der Waals surface area contributed by atoms with Crippen molar-refractivity contribution in [1.82, 2.24) is 4.90 Å². The summed E-state index contributed by atoms with van der Waals surface area (Å²) in [5.41, 5.74) is 2.43. The quantitative estimate of drug-likeness (QED) is 0.538. The highest BCUT2D eigenvalue weighted by atomic mass is 16.6. The molecule has 5 aliphatic heterocycles. The molecule has 6 heteroatoms. The molecule has 0 N–H and O–H groups in total. The van der Waals surface area contributed by atoms with Crippen molar-refractivity contribution in [3.05, 3.63) is 29.8 Å². The van der Waals surface area contributed by atoms with E-state index in [0.29, 0.717) is 25.1 Å². The molecule has 7 rings (SSSR count). The second-order valence-electron chi connectivity index (χ2n) is 9.67. The maximum atomic E-state index is 12.5. The molecule has 0 radical (unpaired) electrons. The second-order valence-corrected chi connectivity index (χ2v) is 9.67. The van der Waals surface area contributed by atoms with Gasteiger partial charge in [-0.2, -0.15) is 0 Å². The van der Waals surface area contributed by atoms with Crippen molar-refractivity contribution >= 4 is 11.7 Å². The average molecular weight is 394 g/mol. The van der Waals surface area contributed by atoms with Gasteiger partial charge in [0.25, 0.3) is 0 Å². The Morgan fingerprint density at radius 1 is 1.31 bits per heavy atom. The summed E-state index contributed by atoms with van der Waals surface area (Å²) in [5.74, 6) is 1.68. The van der Waals surface area contributed by atoms with Crippen LogP contribution in [0.4, 0.5) is 5.69 Å². The van der Waals surface area contributed by atoms with Gasteiger partial charge in [-0.15, -0.1) is 0 Å². The summed E-state index contributed by atoms with van der Waals surface area (Å²) in [5, 5.41) is 0. The normalized spacial score (nSPS) is 43.2. The molecule has 152 valence electrons. The molecular weight excluding hydrogens is 368 g/mol. The Balaban J connectivity index is 1.52. The average Bonchev–Trinajstić information content (AvgIpc) is 3.35. The third-order valence-electron chi connectivity index (χ3n) is 8.65. The molecule has 1 aliphatic carbocycles. The standard InChI is InChI=1S/C23H26N2O4/c1-13-12-28-20-15(27-2)5-4-14-19(20)25(13)16-10-17-22(11-18(26)29-17)6-3-8-24-9-7-23(14,16)21(22)24/h3-6,13,16-17,21H,7-12H2,1-2H3/t13-,16-,17+,21-,22+,23-/m1/s1. The number of ether oxygens (including phenoxy) is 3. The van der Waals surface area contributed by atoms with Crippen LogP contribution in [0.15, 0.2) is 24.3 Å². The van der Waals surface area contributed by atoms with E-state index in [0.717, 1.165) is 37.4 Å². The topological polar surface area (TPSA) is 51.2 Å². The molecule has 29 heavy (non-hydrogen) atoms. The smallest absolute Gasteiger partial charge is 0.307 e. The van der Waals surface area contributed by atoms with Crippen molar-refractivity contribution in [1.29, 1.82) is 0 Å². The van der Waals surface area contributed by atoms with E-state index in [1.165, 1.54) is 11.3 Å². The van der Waals surface area contributed by atoms with E-state index in [1.807, 2.05) is 0 Å². The van der Waals surface area contributed by atoms with Gasteiger partial charge in [-0.3, -0.25) is 9.69 Å². The van der Waals surface area contributed by atoms with Crippen LogP contribution in [-0.4, -0.2) is 61.9 Å². The molecule has 2 spiro atoms. The van der Waals surface area contributed by atoms with E-state index in [1.54, 1.807) is 7.11 Å². The fraction of sp³-hybridized carbons (Fsp3) is 0.609. The van der Waals surface area contributed by atoms with E-state index in [2.05, 4.69) is 41.0 Å². The Hall–Kier alpha value is -2.21. The van der Waals surface area contributed by atoms with Crippen molar-refractivity contribution in [2.45, 2.75) is 55.8 Å². The van der Waals surface area contributed by atoms with Crippen molar-refractivity contribution in [2.75, 3.05) is 31.7 Å². The number of hydrogen-bond donors (Lipinski definition) is 0. The van der Waals surface area contributed by atoms with Gasteiger partial charge in [-0.1, -0.05) is 18.2 Å². The second kappa shape index (κ2) is 5.09. The molecule has 0 amide bonds. The van der Waals surface area contributed by atoms with Gasteiger partial charge in [-0.05, 0) is 31.5 Å². The lowest BCUT2D eigenvalue weighted by Crippen LogP contribution is -2.68. The number of rotatable bonds is 1. The van der Waals surface area contributed by atoms with E-state index in [4.69, 9.17) is 14.2 Å². The van der Waals surface area contributed by atoms with E-state index < -0.39 is 0 Å². The number of nitrogens with zero attached hydrogens (tertiary/aromatic N) is 2. The molecule has 0 unspecified atom stereocenters. The third-order valence-corrected chi connectivity index (χ3v) is 8.65. The maximum absolute atomic E-state index is 12.5. The van der Waals surface area contributed by atoms with Gasteiger partial charge in [0.2, 0.25) is 0 Å². The predicted octanol–water partition coefficient (Wildman–Crippen LogP) is 2.25. The number of anilines is 1. The highest BCUT2D eigenvalue weighted by molar-refractivity contribution is 5.80. The van der Waals surface area contributed by atoms with Gasteiger partial charge < -0.3 is 19.1 Å². The highest BCUT2D eigenvalue weighted by Gasteiger charge is 2.73. The number of methoxy groups -OCH3 is 1. The largest absolute Gasteiger partial charge is 0.493 e. The van der Waals surface area contributed by atoms with Crippen LogP contribution in [0.25, 0.3) is 0 Å². The van der Waals surface area contributed by atoms with Gasteiger partial charge in [0, 0.05) is 30.5 Å². The van der Waals surface area contributed by atoms with Gasteiger partial charge in [0.15, 0.2) is 11.5 Å². The Morgan fingerprint density at radius 2 is 2.21 bits per heavy atom. The third kappa shape index (κ3) is 1.66. The van der Waals surface area contributed by atoms with Gasteiger partial charge in [0.05, 0.1) is 30.7 Å². The van der Waals surface area contributed by atoms with Gasteiger partial charge in [-0.25, -0.2) is 0 Å². The summed E-state index contributed by atoms with van der Waals surface area (Å²) >= 11 is 0. The number of hydrogen-bond acceptors (Lipinski definition) is 6. The molecule has 6 nitrogen and oxygen atoms in total. The predicted molar refractivity (Wildman–Crippen MR) is 107 cm³/mol. The SMILES string of the molecule is COc1ccc2c3c1OC[C@@H](C)N3[C@@H]1C[C@@H]3OC(=O)C[C@@]34C=CCN3CC[C@@]21[C@H]34. The van der Waals surface area contributed by atoms with Crippen LogP contribution >= 0.6 is 0 Å². The van der Waals surface area contributed by atoms with Crippen LogP contribution in [-0.2, 0) is 14.9 Å². The van der Waals surface area contributed by atoms with Crippen molar-refractivity contribution in [2.24, 2.45) is 5.41 Å². The summed E-state index contributed by atoms with van der Waals surface area (Å²) in [4.78, 5) is 17.7. The minimum atomic E-state index is -0.201. The highest BCUT2D eigenvalue weighted by Crippen LogP contribution is 2.68. The molecule has 2 saturated heterocycles. The molecule has 5 heterocycles. The number of carbonyl (C=O) groups is 1. The lowest BCUT2D eigenvalue weighted by molar-refractivity contribution is -0.143. The zero-order valence-electron chi connectivity index (χ0n) is 16.9. The Morgan fingerprint density at radius 3 is 3.07 bits per heavy atom. The first-order valence-electron chi connectivity index (χ1n) is 10.8. The minimum Gasteiger partial charge on any atom is -0.493 e. The molecule has 0 bridgehead atoms. The Bertz CT molecular complexity index is 976. The first-order valence-corrected chi connectivity index (χ1v) is 10.8. The van der Waals surface area contributed by atoms with Crippen LogP contribution in [0.5, 0.6) is 11.5 Å². The van der Waals surface area contributed by atoms with Crippen molar-refractivity contribution < 1.29 is 19.0 Å². The van der Waals surface area contributed by atoms with Crippen LogP contribution < -0.4 is 14.4 Å². The molecule has 6 atom stereocenters. The molecule has 1 aromatic rings. The number of esters is 1. The number of fused-ring (bicyclic) bond motifs is 1. The molecule has 1 aromatic carbocycles. The van der Waals surface area contributed by atoms with E-state index >= 15 is 0 Å². The summed E-state index contributed by atoms with van der Waals surface area (Å²) in [7, 11) is 1.71. The van der Waals surface area contributed by atoms with E-state index in [-0.39, 0.29) is 28.9 Å². The first-order chi connectivity index (χ1) is 14.1. The fourth-order valence-corrected chi connectivity index (χ4v) is 7.85. The fourth-order valence-electron chi connectivity index (χ4n) is 7.85. The number of carbonyl (C=O) groups excluding carboxylic acids is 1. The molecule has 0 aromatic heterocycles. The van der Waals surface area contributed by atoms with Crippen molar-refractivity contribution in [3.63, 3.8) is 0 Å². The summed E-state index contributed by atoms with van der Waals surface area (Å²) in [6.45, 7) is 4.94. The molecule has 3 fully saturated rings. The van der Waals surface area contributed by atoms with Gasteiger partial charge >= 0.3 is 5.97 Å². The summed E-state index contributed by atoms with van der Waals surface area (Å²) in [6, 6.07) is 5.27. The van der Waals surface area contributed by atoms with E-state index in [9.17, 15) is 4.79 Å². The van der Waals surface area contributed by atoms with Crippen LogP contribution in [0.3, 0.4) is 0 Å². The minimum absolute atomic E-state index is 0.00749. The van der Waals surface area contributed by atoms with Crippen molar-refractivity contribution in [3.8, 4) is 11.5 Å². The molecular formula is C23H26N2O4. The lowest BCUT2D eigenvalue weighted by Gasteiger charge is -2.57. The zero-order valence-corrected chi connectivity index (χ0v) is 16.9. The molecule has 6 aliphatic rings. The lowest BCUT2D eigenvalue weighted by atomic mass is 9.53. The van der Waals surface area contributed by atoms with Crippen LogP contribution in [0.1, 0.15) is 31.7 Å². The van der Waals surface area contributed by atoms with Crippen LogP contribution in [0, 0.1) is 5.41 Å². The van der Waals surface area contributed by atoms with Gasteiger partial charge in [0.1, 0.15) is 12.7 Å². The summed E-state index contributed by atoms with van der Waals surface area (Å²) < 4.78 is 17.9. The Kier molecular flexibility index (Phi) is 2.91. The number of benzene rings is 1. The zero-order chi connectivity index (χ0) is 19.5. The summed E-state index contributed by atoms with van der Waals surface area (Å²) in [6.07, 6.45) is 7.08. The Labute approximate surface area is 170 Å². The van der Waals surface area contributed by atoms with Crippen LogP contribution in [0.2, 0.25) is 0 Å². The maximum Gasteiger partial charge on any atom is 0.307 e.